The van der Waals surface area contributed by atoms with Crippen LogP contribution in [-0.2, 0) is 4.79 Å². The summed E-state index contributed by atoms with van der Waals surface area (Å²) in [5.74, 6) is -1.24. The molecule has 1 aliphatic carbocycles. The summed E-state index contributed by atoms with van der Waals surface area (Å²) < 4.78 is 0. The summed E-state index contributed by atoms with van der Waals surface area (Å²) in [4.78, 5) is 24.7. The molecule has 2 unspecified atom stereocenters. The normalized spacial score (nSPS) is 31.8. The van der Waals surface area contributed by atoms with Crippen LogP contribution in [0.2, 0.25) is 0 Å². The zero-order valence-corrected chi connectivity index (χ0v) is 11.2. The smallest absolute Gasteiger partial charge is 0.317 e. The van der Waals surface area contributed by atoms with E-state index in [4.69, 9.17) is 10.8 Å². The van der Waals surface area contributed by atoms with E-state index in [2.05, 4.69) is 5.32 Å². The van der Waals surface area contributed by atoms with Crippen molar-refractivity contribution in [2.75, 3.05) is 13.1 Å². The van der Waals surface area contributed by atoms with Gasteiger partial charge in [-0.3, -0.25) is 4.79 Å². The fraction of sp³-hybridized carbons (Fsp3) is 0.846. The van der Waals surface area contributed by atoms with E-state index in [1.165, 1.54) is 0 Å². The van der Waals surface area contributed by atoms with Crippen molar-refractivity contribution < 1.29 is 14.7 Å². The molecule has 1 aliphatic heterocycles. The Labute approximate surface area is 113 Å². The highest BCUT2D eigenvalue weighted by atomic mass is 16.4. The molecule has 0 spiro atoms. The molecule has 1 saturated carbocycles. The van der Waals surface area contributed by atoms with Crippen molar-refractivity contribution in [3.05, 3.63) is 0 Å². The van der Waals surface area contributed by atoms with Crippen LogP contribution in [0.25, 0.3) is 0 Å². The van der Waals surface area contributed by atoms with Crippen LogP contribution in [0.4, 0.5) is 4.79 Å². The molecule has 2 rings (SSSR count). The van der Waals surface area contributed by atoms with E-state index in [9.17, 15) is 9.59 Å². The summed E-state index contributed by atoms with van der Waals surface area (Å²) in [6, 6.07) is -0.0995. The molecule has 0 aromatic heterocycles. The van der Waals surface area contributed by atoms with Gasteiger partial charge in [0.1, 0.15) is 0 Å². The van der Waals surface area contributed by atoms with Gasteiger partial charge in [0.05, 0.1) is 5.92 Å². The highest BCUT2D eigenvalue weighted by Gasteiger charge is 2.30. The summed E-state index contributed by atoms with van der Waals surface area (Å²) >= 11 is 0. The van der Waals surface area contributed by atoms with Gasteiger partial charge in [0, 0.05) is 25.2 Å². The van der Waals surface area contributed by atoms with E-state index in [-0.39, 0.29) is 18.1 Å². The number of amides is 2. The molecule has 6 heteroatoms. The zero-order valence-electron chi connectivity index (χ0n) is 11.2. The number of aliphatic carboxylic acids is 1. The Morgan fingerprint density at radius 1 is 1.16 bits per heavy atom. The number of carbonyl (C=O) groups excluding carboxylic acids is 1. The monoisotopic (exact) mass is 269 g/mol. The summed E-state index contributed by atoms with van der Waals surface area (Å²) in [6.07, 6.45) is 5.49. The Morgan fingerprint density at radius 3 is 2.58 bits per heavy atom. The number of nitrogens with zero attached hydrogens (tertiary/aromatic N) is 1. The van der Waals surface area contributed by atoms with Gasteiger partial charge >= 0.3 is 12.0 Å². The van der Waals surface area contributed by atoms with Crippen LogP contribution in [0.15, 0.2) is 0 Å². The number of likely N-dealkylation sites (tertiary alicyclic amines) is 1. The van der Waals surface area contributed by atoms with Crippen molar-refractivity contribution in [3.8, 4) is 0 Å². The van der Waals surface area contributed by atoms with Gasteiger partial charge < -0.3 is 21.1 Å². The highest BCUT2D eigenvalue weighted by molar-refractivity contribution is 5.76. The van der Waals surface area contributed by atoms with Crippen LogP contribution in [0, 0.1) is 5.92 Å². The van der Waals surface area contributed by atoms with Crippen molar-refractivity contribution in [1.29, 1.82) is 0 Å². The lowest BCUT2D eigenvalue weighted by Crippen LogP contribution is -2.55. The SMILES string of the molecule is NC1CCCCC1NC(=O)N1CCC[C@H](C(=O)O)C1. The van der Waals surface area contributed by atoms with Gasteiger partial charge in [0.15, 0.2) is 0 Å². The molecule has 0 radical (unpaired) electrons. The van der Waals surface area contributed by atoms with Crippen molar-refractivity contribution >= 4 is 12.0 Å². The number of urea groups is 1. The first-order chi connectivity index (χ1) is 9.08. The van der Waals surface area contributed by atoms with Gasteiger partial charge in [-0.25, -0.2) is 4.79 Å². The molecule has 2 fully saturated rings. The molecule has 1 heterocycles. The number of carbonyl (C=O) groups is 2. The molecule has 0 aromatic rings. The molecular weight excluding hydrogens is 246 g/mol. The van der Waals surface area contributed by atoms with Crippen LogP contribution in [-0.4, -0.2) is 47.2 Å². The Morgan fingerprint density at radius 2 is 1.89 bits per heavy atom. The lowest BCUT2D eigenvalue weighted by molar-refractivity contribution is -0.143. The third kappa shape index (κ3) is 3.59. The third-order valence-electron chi connectivity index (χ3n) is 4.19. The lowest BCUT2D eigenvalue weighted by Gasteiger charge is -2.35. The van der Waals surface area contributed by atoms with Crippen molar-refractivity contribution in [3.63, 3.8) is 0 Å². The van der Waals surface area contributed by atoms with Crippen LogP contribution in [0.5, 0.6) is 0 Å². The molecule has 108 valence electrons. The molecule has 4 N–H and O–H groups in total. The maximum absolute atomic E-state index is 12.1. The van der Waals surface area contributed by atoms with Crippen LogP contribution < -0.4 is 11.1 Å². The molecule has 6 nitrogen and oxygen atoms in total. The number of rotatable bonds is 2. The molecule has 3 atom stereocenters. The molecular formula is C13H23N3O3. The number of carboxylic acid groups (broad SMARTS) is 1. The van der Waals surface area contributed by atoms with E-state index in [0.717, 1.165) is 32.1 Å². The second kappa shape index (κ2) is 6.23. The van der Waals surface area contributed by atoms with E-state index >= 15 is 0 Å². The lowest BCUT2D eigenvalue weighted by atomic mass is 9.91. The minimum Gasteiger partial charge on any atom is -0.481 e. The number of nitrogens with one attached hydrogen (secondary N) is 1. The van der Waals surface area contributed by atoms with E-state index in [1.54, 1.807) is 4.90 Å². The van der Waals surface area contributed by atoms with Crippen molar-refractivity contribution in [1.82, 2.24) is 10.2 Å². The van der Waals surface area contributed by atoms with E-state index in [1.807, 2.05) is 0 Å². The van der Waals surface area contributed by atoms with Crippen LogP contribution >= 0.6 is 0 Å². The van der Waals surface area contributed by atoms with Crippen molar-refractivity contribution in [2.24, 2.45) is 11.7 Å². The zero-order chi connectivity index (χ0) is 13.8. The first-order valence-electron chi connectivity index (χ1n) is 7.11. The van der Waals surface area contributed by atoms with Gasteiger partial charge in [-0.2, -0.15) is 0 Å². The Kier molecular flexibility index (Phi) is 4.63. The maximum Gasteiger partial charge on any atom is 0.317 e. The average molecular weight is 269 g/mol. The highest BCUT2D eigenvalue weighted by Crippen LogP contribution is 2.19. The van der Waals surface area contributed by atoms with Gasteiger partial charge in [-0.15, -0.1) is 0 Å². The van der Waals surface area contributed by atoms with Crippen molar-refractivity contribution in [2.45, 2.75) is 50.6 Å². The number of hydrogen-bond acceptors (Lipinski definition) is 3. The maximum atomic E-state index is 12.1. The topological polar surface area (TPSA) is 95.7 Å². The average Bonchev–Trinajstić information content (AvgIpc) is 2.41. The number of carboxylic acids is 1. The Balaban J connectivity index is 1.86. The first-order valence-corrected chi connectivity index (χ1v) is 7.11. The molecule has 2 amide bonds. The Bertz CT molecular complexity index is 348. The second-order valence-electron chi connectivity index (χ2n) is 5.63. The molecule has 2 aliphatic rings. The number of piperidine rings is 1. The fourth-order valence-corrected chi connectivity index (χ4v) is 2.95. The fourth-order valence-electron chi connectivity index (χ4n) is 2.95. The van der Waals surface area contributed by atoms with Crippen LogP contribution in [0.3, 0.4) is 0 Å². The second-order valence-corrected chi connectivity index (χ2v) is 5.63. The summed E-state index contributed by atoms with van der Waals surface area (Å²) in [5, 5.41) is 12.0. The molecule has 19 heavy (non-hydrogen) atoms. The predicted octanol–water partition coefficient (Wildman–Crippen LogP) is 0.762. The first kappa shape index (κ1) is 14.1. The standard InChI is InChI=1S/C13H23N3O3/c14-10-5-1-2-6-11(10)15-13(19)16-7-3-4-9(8-16)12(17)18/h9-11H,1-8,14H2,(H,15,19)(H,17,18)/t9-,10?,11?/m0/s1. The van der Waals surface area contributed by atoms with E-state index < -0.39 is 11.9 Å². The minimum atomic E-state index is -0.813. The van der Waals surface area contributed by atoms with Gasteiger partial charge in [-0.1, -0.05) is 12.8 Å². The van der Waals surface area contributed by atoms with Crippen LogP contribution in [0.1, 0.15) is 38.5 Å². The summed E-state index contributed by atoms with van der Waals surface area (Å²) in [5.41, 5.74) is 6.00. The molecule has 1 saturated heterocycles. The van der Waals surface area contributed by atoms with E-state index in [0.29, 0.717) is 19.5 Å². The quantitative estimate of drug-likeness (QED) is 0.689. The largest absolute Gasteiger partial charge is 0.481 e. The number of nitrogens with two attached hydrogens (primary N) is 1. The molecule has 0 aromatic carbocycles. The van der Waals surface area contributed by atoms with Gasteiger partial charge in [0.2, 0.25) is 0 Å². The van der Waals surface area contributed by atoms with Gasteiger partial charge in [-0.05, 0) is 25.7 Å². The number of hydrogen-bond donors (Lipinski definition) is 3. The summed E-state index contributed by atoms with van der Waals surface area (Å²) in [6.45, 7) is 0.945. The molecule has 0 bridgehead atoms. The Hall–Kier alpha value is -1.30. The van der Waals surface area contributed by atoms with Gasteiger partial charge in [0.25, 0.3) is 0 Å². The predicted molar refractivity (Wildman–Crippen MR) is 70.7 cm³/mol. The summed E-state index contributed by atoms with van der Waals surface area (Å²) in [7, 11) is 0. The third-order valence-corrected chi connectivity index (χ3v) is 4.19. The minimum absolute atomic E-state index is 0.0257.